The Labute approximate surface area is 75.4 Å². The highest BCUT2D eigenvalue weighted by molar-refractivity contribution is 7.89. The number of hydrogen-bond acceptors (Lipinski definition) is 2. The van der Waals surface area contributed by atoms with E-state index >= 15 is 0 Å². The SMILES string of the molecule is CC(C)CCC[CH]CS(N)(=O)=O. The molecular weight excluding hydrogens is 174 g/mol. The van der Waals surface area contributed by atoms with E-state index < -0.39 is 10.0 Å². The van der Waals surface area contributed by atoms with Gasteiger partial charge in [0.15, 0.2) is 0 Å². The molecule has 0 atom stereocenters. The first-order valence-electron chi connectivity index (χ1n) is 4.24. The molecule has 1 radical (unpaired) electrons. The van der Waals surface area contributed by atoms with E-state index in [0.717, 1.165) is 19.3 Å². The normalized spacial score (nSPS) is 12.3. The molecule has 73 valence electrons. The minimum atomic E-state index is -3.28. The van der Waals surface area contributed by atoms with Crippen molar-refractivity contribution >= 4 is 10.0 Å². The van der Waals surface area contributed by atoms with Crippen LogP contribution < -0.4 is 5.14 Å². The molecule has 0 amide bonds. The van der Waals surface area contributed by atoms with Crippen LogP contribution in [-0.2, 0) is 10.0 Å². The van der Waals surface area contributed by atoms with Gasteiger partial charge in [0.25, 0.3) is 0 Å². The number of unbranched alkanes of at least 4 members (excludes halogenated alkanes) is 2. The van der Waals surface area contributed by atoms with E-state index in [9.17, 15) is 8.42 Å². The molecular formula is C8H18NO2S. The highest BCUT2D eigenvalue weighted by atomic mass is 32.2. The maximum atomic E-state index is 10.5. The maximum Gasteiger partial charge on any atom is 0.209 e. The summed E-state index contributed by atoms with van der Waals surface area (Å²) in [5.41, 5.74) is 0. The van der Waals surface area contributed by atoms with E-state index in [1.807, 2.05) is 0 Å². The molecule has 0 saturated heterocycles. The van der Waals surface area contributed by atoms with Gasteiger partial charge in [-0.2, -0.15) is 0 Å². The van der Waals surface area contributed by atoms with Crippen LogP contribution in [0.3, 0.4) is 0 Å². The quantitative estimate of drug-likeness (QED) is 0.645. The van der Waals surface area contributed by atoms with E-state index in [-0.39, 0.29) is 5.75 Å². The van der Waals surface area contributed by atoms with Crippen molar-refractivity contribution in [3.05, 3.63) is 6.42 Å². The standard InChI is InChI=1S/C8H18NO2S/c1-8(2)6-4-3-5-7-12(9,10)11/h5,8H,3-4,6-7H2,1-2H3,(H2,9,10,11). The van der Waals surface area contributed by atoms with Crippen molar-refractivity contribution in [2.75, 3.05) is 5.75 Å². The molecule has 0 fully saturated rings. The fraction of sp³-hybridized carbons (Fsp3) is 0.875. The van der Waals surface area contributed by atoms with Gasteiger partial charge in [0.1, 0.15) is 0 Å². The van der Waals surface area contributed by atoms with Crippen molar-refractivity contribution in [3.8, 4) is 0 Å². The third-order valence-corrected chi connectivity index (χ3v) is 2.24. The Morgan fingerprint density at radius 2 is 2.00 bits per heavy atom. The first-order chi connectivity index (χ1) is 5.42. The first kappa shape index (κ1) is 11.9. The highest BCUT2D eigenvalue weighted by Crippen LogP contribution is 2.07. The molecule has 0 saturated carbocycles. The van der Waals surface area contributed by atoms with E-state index in [1.54, 1.807) is 6.42 Å². The largest absolute Gasteiger partial charge is 0.229 e. The summed E-state index contributed by atoms with van der Waals surface area (Å²) in [6, 6.07) is 0. The summed E-state index contributed by atoms with van der Waals surface area (Å²) in [6.45, 7) is 4.30. The van der Waals surface area contributed by atoms with Gasteiger partial charge in [-0.3, -0.25) is 0 Å². The molecule has 0 heterocycles. The van der Waals surface area contributed by atoms with Crippen LogP contribution in [-0.4, -0.2) is 14.2 Å². The minimum absolute atomic E-state index is 0.00505. The topological polar surface area (TPSA) is 60.2 Å². The molecule has 12 heavy (non-hydrogen) atoms. The van der Waals surface area contributed by atoms with Gasteiger partial charge in [0, 0.05) is 0 Å². The Balaban J connectivity index is 3.23. The summed E-state index contributed by atoms with van der Waals surface area (Å²) < 4.78 is 20.9. The molecule has 0 aromatic carbocycles. The van der Waals surface area contributed by atoms with Gasteiger partial charge >= 0.3 is 0 Å². The lowest BCUT2D eigenvalue weighted by Crippen LogP contribution is -2.16. The van der Waals surface area contributed by atoms with Gasteiger partial charge in [0.05, 0.1) is 5.75 Å². The molecule has 0 aromatic rings. The van der Waals surface area contributed by atoms with Gasteiger partial charge in [-0.15, -0.1) is 0 Å². The summed E-state index contributed by atoms with van der Waals surface area (Å²) >= 11 is 0. The zero-order chi connectivity index (χ0) is 9.61. The van der Waals surface area contributed by atoms with Crippen LogP contribution in [0.5, 0.6) is 0 Å². The second-order valence-electron chi connectivity index (χ2n) is 3.44. The predicted octanol–water partition coefficient (Wildman–Crippen LogP) is 1.31. The van der Waals surface area contributed by atoms with Crippen molar-refractivity contribution in [2.45, 2.75) is 33.1 Å². The third kappa shape index (κ3) is 9.91. The molecule has 2 N–H and O–H groups in total. The Kier molecular flexibility index (Phi) is 5.50. The van der Waals surface area contributed by atoms with Crippen LogP contribution in [0.1, 0.15) is 33.1 Å². The molecule has 3 nitrogen and oxygen atoms in total. The van der Waals surface area contributed by atoms with Crippen LogP contribution in [0.25, 0.3) is 0 Å². The summed E-state index contributed by atoms with van der Waals surface area (Å²) in [5.74, 6) is 0.693. The van der Waals surface area contributed by atoms with E-state index in [4.69, 9.17) is 5.14 Å². The maximum absolute atomic E-state index is 10.5. The second kappa shape index (κ2) is 5.54. The van der Waals surface area contributed by atoms with Crippen molar-refractivity contribution < 1.29 is 8.42 Å². The van der Waals surface area contributed by atoms with Crippen LogP contribution in [0.15, 0.2) is 0 Å². The average molecular weight is 192 g/mol. The van der Waals surface area contributed by atoms with Gasteiger partial charge < -0.3 is 0 Å². The summed E-state index contributed by atoms with van der Waals surface area (Å²) in [6.07, 6.45) is 4.76. The van der Waals surface area contributed by atoms with Crippen LogP contribution in [0.4, 0.5) is 0 Å². The minimum Gasteiger partial charge on any atom is -0.229 e. The lowest BCUT2D eigenvalue weighted by molar-refractivity contribution is 0.552. The average Bonchev–Trinajstić information content (AvgIpc) is 1.83. The smallest absolute Gasteiger partial charge is 0.209 e. The van der Waals surface area contributed by atoms with Crippen molar-refractivity contribution in [1.82, 2.24) is 0 Å². The summed E-state index contributed by atoms with van der Waals surface area (Å²) in [7, 11) is -3.28. The van der Waals surface area contributed by atoms with Crippen LogP contribution in [0, 0.1) is 12.3 Å². The Bertz CT molecular complexity index is 197. The summed E-state index contributed by atoms with van der Waals surface area (Å²) in [4.78, 5) is 0. The van der Waals surface area contributed by atoms with Gasteiger partial charge in [-0.25, -0.2) is 13.6 Å². The zero-order valence-electron chi connectivity index (χ0n) is 7.79. The fourth-order valence-corrected chi connectivity index (χ4v) is 1.41. The predicted molar refractivity (Wildman–Crippen MR) is 51.0 cm³/mol. The lowest BCUT2D eigenvalue weighted by Gasteiger charge is -2.02. The Hall–Kier alpha value is -0.0900. The third-order valence-electron chi connectivity index (χ3n) is 1.54. The molecule has 4 heteroatoms. The molecule has 0 rings (SSSR count). The summed E-state index contributed by atoms with van der Waals surface area (Å²) in [5, 5.41) is 4.82. The Morgan fingerprint density at radius 3 is 2.42 bits per heavy atom. The fourth-order valence-electron chi connectivity index (χ4n) is 0.918. The highest BCUT2D eigenvalue weighted by Gasteiger charge is 2.01. The molecule has 0 aliphatic heterocycles. The van der Waals surface area contributed by atoms with Gasteiger partial charge in [-0.05, 0) is 18.8 Å². The van der Waals surface area contributed by atoms with E-state index in [2.05, 4.69) is 13.8 Å². The number of hydrogen-bond donors (Lipinski definition) is 1. The number of primary sulfonamides is 1. The van der Waals surface area contributed by atoms with E-state index in [0.29, 0.717) is 5.92 Å². The van der Waals surface area contributed by atoms with Crippen molar-refractivity contribution in [2.24, 2.45) is 11.1 Å². The lowest BCUT2D eigenvalue weighted by atomic mass is 10.1. The van der Waals surface area contributed by atoms with Gasteiger partial charge in [-0.1, -0.05) is 26.7 Å². The monoisotopic (exact) mass is 192 g/mol. The van der Waals surface area contributed by atoms with E-state index in [1.165, 1.54) is 0 Å². The molecule has 0 aliphatic carbocycles. The molecule has 0 unspecified atom stereocenters. The van der Waals surface area contributed by atoms with Crippen LogP contribution >= 0.6 is 0 Å². The van der Waals surface area contributed by atoms with Crippen molar-refractivity contribution in [1.29, 1.82) is 0 Å². The number of nitrogens with two attached hydrogens (primary N) is 1. The van der Waals surface area contributed by atoms with Crippen molar-refractivity contribution in [3.63, 3.8) is 0 Å². The molecule has 0 spiro atoms. The molecule has 0 aromatic heterocycles. The van der Waals surface area contributed by atoms with Gasteiger partial charge in [0.2, 0.25) is 10.0 Å². The number of rotatable bonds is 6. The molecule has 0 bridgehead atoms. The zero-order valence-corrected chi connectivity index (χ0v) is 8.60. The second-order valence-corrected chi connectivity index (χ2v) is 5.10. The van der Waals surface area contributed by atoms with Crippen LogP contribution in [0.2, 0.25) is 0 Å². The number of sulfonamides is 1. The first-order valence-corrected chi connectivity index (χ1v) is 5.95. The molecule has 0 aliphatic rings. The Morgan fingerprint density at radius 1 is 1.42 bits per heavy atom.